The van der Waals surface area contributed by atoms with Crippen LogP contribution in [-0.2, 0) is 6.42 Å². The second kappa shape index (κ2) is 14.2. The second-order valence-corrected chi connectivity index (χ2v) is 14.8. The number of benzene rings is 1. The van der Waals surface area contributed by atoms with Crippen molar-refractivity contribution < 1.29 is 0 Å². The molecule has 2 atom stereocenters. The van der Waals surface area contributed by atoms with Crippen molar-refractivity contribution >= 4 is 24.6 Å². The molecule has 49 heavy (non-hydrogen) atoms. The van der Waals surface area contributed by atoms with Crippen molar-refractivity contribution in [3.63, 3.8) is 0 Å². The lowest BCUT2D eigenvalue weighted by Gasteiger charge is -2.28. The van der Waals surface area contributed by atoms with Crippen LogP contribution in [0.2, 0.25) is 0 Å². The van der Waals surface area contributed by atoms with Gasteiger partial charge in [-0.3, -0.25) is 28.1 Å². The normalized spacial score (nSPS) is 15.7. The van der Waals surface area contributed by atoms with Crippen LogP contribution in [0.4, 0.5) is 0 Å². The van der Waals surface area contributed by atoms with Gasteiger partial charge >= 0.3 is 0 Å². The average Bonchev–Trinajstić information content (AvgIpc) is 3.13. The number of aromatic nitrogens is 5. The molecule has 1 aromatic carbocycles. The molecule has 0 bridgehead atoms. The summed E-state index contributed by atoms with van der Waals surface area (Å²) in [6, 6.07) is 16.9. The summed E-state index contributed by atoms with van der Waals surface area (Å²) in [7, 11) is 0. The van der Waals surface area contributed by atoms with Crippen molar-refractivity contribution in [1.82, 2.24) is 24.9 Å². The Morgan fingerprint density at radius 2 is 1.18 bits per heavy atom. The first-order valence-electron chi connectivity index (χ1n) is 16.4. The molecule has 6 aromatic rings. The molecule has 2 unspecified atom stereocenters. The Morgan fingerprint density at radius 1 is 0.653 bits per heavy atom. The summed E-state index contributed by atoms with van der Waals surface area (Å²) >= 11 is -0.622. The van der Waals surface area contributed by atoms with E-state index in [0.717, 1.165) is 45.4 Å². The topological polar surface area (TPSA) is 76.8 Å². The molecule has 7 rings (SSSR count). The van der Waals surface area contributed by atoms with Crippen molar-refractivity contribution in [2.24, 2.45) is 3.15 Å². The Hall–Kier alpha value is -5.02. The van der Waals surface area contributed by atoms with E-state index >= 15 is 0 Å². The molecule has 1 aliphatic rings. The highest BCUT2D eigenvalue weighted by Crippen LogP contribution is 2.49. The summed E-state index contributed by atoms with van der Waals surface area (Å²) in [5, 5.41) is 0. The fourth-order valence-electron chi connectivity index (χ4n) is 6.86. The third kappa shape index (κ3) is 6.68. The smallest absolute Gasteiger partial charge is 0.0634 e. The Kier molecular flexibility index (Phi) is 9.44. The maximum Gasteiger partial charge on any atom is 0.0634 e. The van der Waals surface area contributed by atoms with Crippen molar-refractivity contribution in [2.45, 2.75) is 46.1 Å². The summed E-state index contributed by atoms with van der Waals surface area (Å²) < 4.78 is 6.62. The van der Waals surface area contributed by atoms with Gasteiger partial charge in [-0.2, -0.15) is 0 Å². The van der Waals surface area contributed by atoms with Gasteiger partial charge in [-0.1, -0.05) is 36.4 Å². The van der Waals surface area contributed by atoms with Crippen LogP contribution in [0.1, 0.15) is 47.6 Å². The largest absolute Gasteiger partial charge is 0.264 e. The number of allylic oxidation sites excluding steroid dienone is 1. The number of nitrogens with zero attached hydrogens (tertiary/aromatic N) is 6. The van der Waals surface area contributed by atoms with Crippen molar-refractivity contribution in [3.8, 4) is 44.5 Å². The lowest BCUT2D eigenvalue weighted by atomic mass is 9.80. The Bertz CT molecular complexity index is 2210. The maximum absolute atomic E-state index is 5.29. The molecule has 6 nitrogen and oxygen atoms in total. The van der Waals surface area contributed by atoms with Gasteiger partial charge < -0.3 is 0 Å². The summed E-state index contributed by atoms with van der Waals surface area (Å²) in [6.45, 7) is 13.3. The molecule has 6 heterocycles. The summed E-state index contributed by atoms with van der Waals surface area (Å²) in [5.74, 6) is 0.147. The number of hydrogen-bond acceptors (Lipinski definition) is 6. The highest BCUT2D eigenvalue weighted by Gasteiger charge is 2.28. The van der Waals surface area contributed by atoms with Crippen molar-refractivity contribution in [2.75, 3.05) is 0 Å². The van der Waals surface area contributed by atoms with Gasteiger partial charge in [0.15, 0.2) is 0 Å². The standard InChI is InChI=1S/C42H37IN6/c1-26(2)15-38-41(36-17-34(23-48-25-36)31-10-7-13-45-20-31)27(3)40(35-16-33(22-47-24-35)30-9-6-12-44-19-30)28(4)42(38)39-18-37(29(5)49-43-39)32-11-8-14-46-21-32/h6-14,16-25,29,37H,1,15H2,2-5H3. The van der Waals surface area contributed by atoms with Crippen LogP contribution in [0, 0.1) is 13.8 Å². The van der Waals surface area contributed by atoms with Gasteiger partial charge in [0.2, 0.25) is 0 Å². The van der Waals surface area contributed by atoms with Crippen LogP contribution >= 0.6 is 21.0 Å². The van der Waals surface area contributed by atoms with E-state index in [1.807, 2.05) is 67.8 Å². The van der Waals surface area contributed by atoms with E-state index in [-0.39, 0.29) is 12.0 Å². The van der Waals surface area contributed by atoms with Crippen LogP contribution in [0.3, 0.4) is 0 Å². The molecule has 0 amide bonds. The zero-order chi connectivity index (χ0) is 33.9. The second-order valence-electron chi connectivity index (χ2n) is 12.6. The number of pyridine rings is 5. The summed E-state index contributed by atoms with van der Waals surface area (Å²) in [4.78, 5) is 22.7. The molecule has 0 aliphatic carbocycles. The molecule has 5 aromatic heterocycles. The van der Waals surface area contributed by atoms with E-state index in [1.165, 1.54) is 42.5 Å². The Morgan fingerprint density at radius 3 is 1.73 bits per heavy atom. The zero-order valence-corrected chi connectivity index (χ0v) is 30.3. The molecular formula is C42H37IN6. The summed E-state index contributed by atoms with van der Waals surface area (Å²) in [6.07, 6.45) is 22.2. The van der Waals surface area contributed by atoms with Crippen LogP contribution in [0.25, 0.3) is 48.1 Å². The van der Waals surface area contributed by atoms with Gasteiger partial charge in [0.05, 0.1) is 6.04 Å². The molecule has 0 N–H and O–H groups in total. The van der Waals surface area contributed by atoms with Gasteiger partial charge in [0.25, 0.3) is 0 Å². The van der Waals surface area contributed by atoms with Gasteiger partial charge in [-0.15, -0.1) is 0 Å². The molecule has 0 saturated carbocycles. The Labute approximate surface area is 298 Å². The van der Waals surface area contributed by atoms with E-state index < -0.39 is 21.0 Å². The monoisotopic (exact) mass is 752 g/mol. The number of halogens is 1. The molecule has 0 spiro atoms. The van der Waals surface area contributed by atoms with Gasteiger partial charge in [0.1, 0.15) is 0 Å². The average molecular weight is 753 g/mol. The fraction of sp³-hybridized carbons (Fsp3) is 0.167. The van der Waals surface area contributed by atoms with E-state index in [1.54, 1.807) is 12.4 Å². The molecular weight excluding hydrogens is 715 g/mol. The van der Waals surface area contributed by atoms with Crippen molar-refractivity contribution in [1.29, 1.82) is 0 Å². The fourth-order valence-corrected chi connectivity index (χ4v) is 9.46. The zero-order valence-electron chi connectivity index (χ0n) is 28.1. The maximum atomic E-state index is 5.29. The minimum absolute atomic E-state index is 0.147. The third-order valence-corrected chi connectivity index (χ3v) is 11.6. The third-order valence-electron chi connectivity index (χ3n) is 9.07. The predicted molar refractivity (Wildman–Crippen MR) is 208 cm³/mol. The van der Waals surface area contributed by atoms with E-state index in [2.05, 4.69) is 85.6 Å². The predicted octanol–water partition coefficient (Wildman–Crippen LogP) is 10.7. The minimum atomic E-state index is -0.622. The lowest BCUT2D eigenvalue weighted by Crippen LogP contribution is -2.14. The number of hydrogen-bond donors (Lipinski definition) is 0. The highest BCUT2D eigenvalue weighted by molar-refractivity contribution is 14.2. The van der Waals surface area contributed by atoms with Crippen LogP contribution in [-0.4, -0.2) is 31.0 Å². The molecule has 1 aliphatic heterocycles. The van der Waals surface area contributed by atoms with E-state index in [4.69, 9.17) is 13.1 Å². The van der Waals surface area contributed by atoms with Crippen LogP contribution in [0.5, 0.6) is 0 Å². The quantitative estimate of drug-likeness (QED) is 0.114. The minimum Gasteiger partial charge on any atom is -0.264 e. The molecule has 7 heteroatoms. The summed E-state index contributed by atoms with van der Waals surface area (Å²) in [5.41, 5.74) is 15.9. The highest BCUT2D eigenvalue weighted by atomic mass is 127. The number of rotatable bonds is 8. The lowest BCUT2D eigenvalue weighted by molar-refractivity contribution is 0.676. The van der Waals surface area contributed by atoms with Gasteiger partial charge in [0, 0.05) is 126 Å². The molecule has 0 radical (unpaired) electrons. The van der Waals surface area contributed by atoms with E-state index in [9.17, 15) is 0 Å². The first-order valence-corrected chi connectivity index (χ1v) is 18.4. The Balaban J connectivity index is 1.53. The molecule has 242 valence electrons. The van der Waals surface area contributed by atoms with Crippen molar-refractivity contribution in [3.05, 3.63) is 157 Å². The first kappa shape index (κ1) is 32.5. The van der Waals surface area contributed by atoms with Crippen LogP contribution < -0.4 is 0 Å². The van der Waals surface area contributed by atoms with Gasteiger partial charge in [-0.25, -0.2) is 0 Å². The van der Waals surface area contributed by atoms with Gasteiger partial charge in [-0.05, 0) is 103 Å². The molecule has 0 fully saturated rings. The van der Waals surface area contributed by atoms with E-state index in [0.29, 0.717) is 0 Å². The molecule has 0 saturated heterocycles. The van der Waals surface area contributed by atoms with Crippen LogP contribution in [0.15, 0.2) is 132 Å². The first-order chi connectivity index (χ1) is 23.9. The SMILES string of the molecule is C=C(C)Cc1c(C2=CC(c3cccnc3)C(C)N=I2)c(C)c(-c2cncc(-c3cccnc3)c2)c(C)c1-c1cncc(-c2cccnc2)c1.